The van der Waals surface area contributed by atoms with Gasteiger partial charge < -0.3 is 4.74 Å². The fraction of sp³-hybridized carbons (Fsp3) is 0.417. The molecule has 0 spiro atoms. The van der Waals surface area contributed by atoms with Crippen LogP contribution in [-0.4, -0.2) is 17.3 Å². The van der Waals surface area contributed by atoms with Crippen LogP contribution in [-0.2, 0) is 9.53 Å². The Kier molecular flexibility index (Phi) is 3.00. The number of carbonyl (C=O) groups excluding carboxylic acids is 1. The van der Waals surface area contributed by atoms with Crippen molar-refractivity contribution in [1.82, 2.24) is 0 Å². The Morgan fingerprint density at radius 3 is 2.60 bits per heavy atom. The lowest BCUT2D eigenvalue weighted by Crippen LogP contribution is -2.21. The van der Waals surface area contributed by atoms with E-state index in [1.165, 1.54) is 0 Å². The zero-order chi connectivity index (χ0) is 10.7. The molecule has 1 aromatic carbocycles. The van der Waals surface area contributed by atoms with Gasteiger partial charge in [0.2, 0.25) is 0 Å². The van der Waals surface area contributed by atoms with E-state index < -0.39 is 0 Å². The second-order valence-corrected chi connectivity index (χ2v) is 5.09. The van der Waals surface area contributed by atoms with Gasteiger partial charge in [0.15, 0.2) is 0 Å². The minimum Gasteiger partial charge on any atom is -0.465 e. The van der Waals surface area contributed by atoms with E-state index in [2.05, 4.69) is 0 Å². The van der Waals surface area contributed by atoms with Gasteiger partial charge in [0, 0.05) is 4.90 Å². The van der Waals surface area contributed by atoms with Crippen molar-refractivity contribution in [2.45, 2.75) is 29.4 Å². The lowest BCUT2D eigenvalue weighted by atomic mass is 10.4. The Balaban J connectivity index is 2.03. The maximum absolute atomic E-state index is 11.7. The fourth-order valence-electron chi connectivity index (χ4n) is 1.44. The van der Waals surface area contributed by atoms with Gasteiger partial charge in [-0.1, -0.05) is 18.2 Å². The zero-order valence-electron chi connectivity index (χ0n) is 8.73. The summed E-state index contributed by atoms with van der Waals surface area (Å²) in [4.78, 5) is 12.8. The summed E-state index contributed by atoms with van der Waals surface area (Å²) < 4.78 is 4.80. The molecule has 0 aromatic heterocycles. The van der Waals surface area contributed by atoms with Gasteiger partial charge in [0.05, 0.1) is 6.61 Å². The molecule has 1 aliphatic rings. The predicted octanol–water partition coefficient (Wildman–Crippen LogP) is 2.87. The average Bonchev–Trinajstić information content (AvgIpc) is 3.01. The molecule has 15 heavy (non-hydrogen) atoms. The standard InChI is InChI=1S/C12H14O2S/c1-2-14-11(13)12(8-9-12)15-10-6-4-3-5-7-10/h3-7H,2,8-9H2,1H3. The average molecular weight is 222 g/mol. The molecule has 1 saturated carbocycles. The van der Waals surface area contributed by atoms with E-state index in [0.717, 1.165) is 17.7 Å². The van der Waals surface area contributed by atoms with E-state index in [1.807, 2.05) is 37.3 Å². The highest BCUT2D eigenvalue weighted by molar-refractivity contribution is 8.01. The third kappa shape index (κ3) is 2.34. The van der Waals surface area contributed by atoms with Crippen LogP contribution in [0.25, 0.3) is 0 Å². The van der Waals surface area contributed by atoms with Gasteiger partial charge >= 0.3 is 5.97 Å². The van der Waals surface area contributed by atoms with Crippen molar-refractivity contribution < 1.29 is 9.53 Å². The molecule has 0 N–H and O–H groups in total. The molecule has 0 amide bonds. The molecule has 0 saturated heterocycles. The minimum atomic E-state index is -0.280. The molecule has 2 nitrogen and oxygen atoms in total. The third-order valence-corrected chi connectivity index (χ3v) is 3.88. The summed E-state index contributed by atoms with van der Waals surface area (Å²) in [7, 11) is 0. The Hall–Kier alpha value is -0.960. The molecule has 0 atom stereocenters. The number of rotatable bonds is 4. The highest BCUT2D eigenvalue weighted by Crippen LogP contribution is 2.52. The summed E-state index contributed by atoms with van der Waals surface area (Å²) in [6, 6.07) is 10.0. The van der Waals surface area contributed by atoms with E-state index >= 15 is 0 Å². The van der Waals surface area contributed by atoms with E-state index in [0.29, 0.717) is 6.61 Å². The summed E-state index contributed by atoms with van der Waals surface area (Å²) in [6.07, 6.45) is 1.87. The zero-order valence-corrected chi connectivity index (χ0v) is 9.55. The number of carbonyl (C=O) groups is 1. The Morgan fingerprint density at radius 1 is 1.40 bits per heavy atom. The van der Waals surface area contributed by atoms with Crippen LogP contribution in [0.15, 0.2) is 35.2 Å². The van der Waals surface area contributed by atoms with Gasteiger partial charge in [-0.25, -0.2) is 0 Å². The fourth-order valence-corrected chi connectivity index (χ4v) is 2.63. The monoisotopic (exact) mass is 222 g/mol. The van der Waals surface area contributed by atoms with Crippen LogP contribution in [0.1, 0.15) is 19.8 Å². The first kappa shape index (κ1) is 10.6. The maximum Gasteiger partial charge on any atom is 0.322 e. The molecular weight excluding hydrogens is 208 g/mol. The van der Waals surface area contributed by atoms with E-state index in [4.69, 9.17) is 4.74 Å². The molecule has 80 valence electrons. The number of thioether (sulfide) groups is 1. The number of ether oxygens (including phenoxy) is 1. The summed E-state index contributed by atoms with van der Waals surface area (Å²) in [6.45, 7) is 2.32. The van der Waals surface area contributed by atoms with Gasteiger partial charge in [-0.15, -0.1) is 11.8 Å². The molecule has 0 radical (unpaired) electrons. The molecule has 1 aliphatic carbocycles. The highest BCUT2D eigenvalue weighted by atomic mass is 32.2. The van der Waals surface area contributed by atoms with Crippen LogP contribution >= 0.6 is 11.8 Å². The quantitative estimate of drug-likeness (QED) is 0.733. The molecule has 1 aromatic rings. The van der Waals surface area contributed by atoms with Gasteiger partial charge in [-0.2, -0.15) is 0 Å². The molecule has 0 aliphatic heterocycles. The van der Waals surface area contributed by atoms with Crippen molar-refractivity contribution in [3.05, 3.63) is 30.3 Å². The molecule has 0 unspecified atom stereocenters. The third-order valence-electron chi connectivity index (χ3n) is 2.41. The second kappa shape index (κ2) is 4.27. The largest absolute Gasteiger partial charge is 0.465 e. The van der Waals surface area contributed by atoms with Crippen LogP contribution in [0, 0.1) is 0 Å². The smallest absolute Gasteiger partial charge is 0.322 e. The molecule has 0 heterocycles. The van der Waals surface area contributed by atoms with Crippen LogP contribution in [0.4, 0.5) is 0 Å². The van der Waals surface area contributed by atoms with Crippen molar-refractivity contribution in [2.24, 2.45) is 0 Å². The SMILES string of the molecule is CCOC(=O)C1(Sc2ccccc2)CC1. The lowest BCUT2D eigenvalue weighted by Gasteiger charge is -2.12. The normalized spacial score (nSPS) is 17.1. The number of benzene rings is 1. The topological polar surface area (TPSA) is 26.3 Å². The summed E-state index contributed by atoms with van der Waals surface area (Å²) >= 11 is 1.63. The van der Waals surface area contributed by atoms with E-state index in [9.17, 15) is 4.79 Å². The highest BCUT2D eigenvalue weighted by Gasteiger charge is 2.52. The Bertz CT molecular complexity index is 344. The number of hydrogen-bond donors (Lipinski definition) is 0. The molecule has 1 fully saturated rings. The summed E-state index contributed by atoms with van der Waals surface area (Å²) in [5.41, 5.74) is 0. The number of esters is 1. The van der Waals surface area contributed by atoms with Crippen molar-refractivity contribution in [3.8, 4) is 0 Å². The van der Waals surface area contributed by atoms with Gasteiger partial charge in [-0.3, -0.25) is 4.79 Å². The predicted molar refractivity (Wildman–Crippen MR) is 60.9 cm³/mol. The van der Waals surface area contributed by atoms with Crippen molar-refractivity contribution in [3.63, 3.8) is 0 Å². The molecule has 0 bridgehead atoms. The van der Waals surface area contributed by atoms with Gasteiger partial charge in [0.1, 0.15) is 4.75 Å². The minimum absolute atomic E-state index is 0.0566. The van der Waals surface area contributed by atoms with Crippen LogP contribution < -0.4 is 0 Å². The van der Waals surface area contributed by atoms with Crippen LogP contribution in [0.5, 0.6) is 0 Å². The first-order valence-corrected chi connectivity index (χ1v) is 6.00. The van der Waals surface area contributed by atoms with E-state index in [-0.39, 0.29) is 10.7 Å². The van der Waals surface area contributed by atoms with Crippen LogP contribution in [0.2, 0.25) is 0 Å². The van der Waals surface area contributed by atoms with Crippen LogP contribution in [0.3, 0.4) is 0 Å². The molecule has 2 rings (SSSR count). The summed E-state index contributed by atoms with van der Waals surface area (Å²) in [5.74, 6) is -0.0566. The first-order chi connectivity index (χ1) is 7.27. The van der Waals surface area contributed by atoms with Crippen molar-refractivity contribution in [2.75, 3.05) is 6.61 Å². The van der Waals surface area contributed by atoms with E-state index in [1.54, 1.807) is 11.8 Å². The Labute approximate surface area is 94.0 Å². The molecular formula is C12H14O2S. The van der Waals surface area contributed by atoms with Gasteiger partial charge in [0.25, 0.3) is 0 Å². The Morgan fingerprint density at radius 2 is 2.07 bits per heavy atom. The van der Waals surface area contributed by atoms with Gasteiger partial charge in [-0.05, 0) is 31.9 Å². The van der Waals surface area contributed by atoms with Crippen molar-refractivity contribution in [1.29, 1.82) is 0 Å². The first-order valence-electron chi connectivity index (χ1n) is 5.18. The van der Waals surface area contributed by atoms with Crippen molar-refractivity contribution >= 4 is 17.7 Å². The molecule has 3 heteroatoms. The summed E-state index contributed by atoms with van der Waals surface area (Å²) in [5, 5.41) is 0. The lowest BCUT2D eigenvalue weighted by molar-refractivity contribution is -0.143. The number of hydrogen-bond acceptors (Lipinski definition) is 3. The second-order valence-electron chi connectivity index (χ2n) is 3.63. The maximum atomic E-state index is 11.7.